The van der Waals surface area contributed by atoms with Crippen LogP contribution in [0.3, 0.4) is 0 Å². The van der Waals surface area contributed by atoms with Crippen LogP contribution in [0.25, 0.3) is 11.0 Å². The smallest absolute Gasteiger partial charge is 0.257 e. The Balaban J connectivity index is 1.31. The summed E-state index contributed by atoms with van der Waals surface area (Å²) in [5.74, 6) is 0.805. The number of amides is 1. The van der Waals surface area contributed by atoms with Crippen molar-refractivity contribution in [3.63, 3.8) is 0 Å². The van der Waals surface area contributed by atoms with E-state index in [1.54, 1.807) is 36.4 Å². The number of nitrogens with zero attached hydrogens (tertiary/aromatic N) is 1. The summed E-state index contributed by atoms with van der Waals surface area (Å²) >= 11 is 0. The van der Waals surface area contributed by atoms with Crippen molar-refractivity contribution in [3.05, 3.63) is 95.8 Å². The number of H-pyrrole nitrogens is 1. The van der Waals surface area contributed by atoms with Crippen molar-refractivity contribution >= 4 is 22.7 Å². The van der Waals surface area contributed by atoms with E-state index in [-0.39, 0.29) is 18.3 Å². The molecule has 0 aliphatic carbocycles. The SMILES string of the molecule is O=C(COc1ccccc1C(=O)c1ccccc1)NCCc1nc2ccccc2[nH]1. The van der Waals surface area contributed by atoms with Crippen LogP contribution in [0, 0.1) is 0 Å². The van der Waals surface area contributed by atoms with E-state index < -0.39 is 0 Å². The molecule has 1 heterocycles. The van der Waals surface area contributed by atoms with E-state index in [4.69, 9.17) is 4.74 Å². The van der Waals surface area contributed by atoms with Gasteiger partial charge in [-0.3, -0.25) is 9.59 Å². The predicted molar refractivity (Wildman–Crippen MR) is 115 cm³/mol. The Morgan fingerprint density at radius 2 is 1.63 bits per heavy atom. The molecule has 6 heteroatoms. The maximum atomic E-state index is 12.7. The topological polar surface area (TPSA) is 84.1 Å². The molecular weight excluding hydrogens is 378 g/mol. The fraction of sp³-hybridized carbons (Fsp3) is 0.125. The molecule has 6 nitrogen and oxygen atoms in total. The van der Waals surface area contributed by atoms with Gasteiger partial charge in [0.05, 0.1) is 16.6 Å². The van der Waals surface area contributed by atoms with Gasteiger partial charge in [-0.2, -0.15) is 0 Å². The second-order valence-electron chi connectivity index (χ2n) is 6.78. The minimum absolute atomic E-state index is 0.142. The number of para-hydroxylation sites is 3. The molecule has 0 spiro atoms. The average Bonchev–Trinajstić information content (AvgIpc) is 3.21. The third-order valence-corrected chi connectivity index (χ3v) is 4.65. The molecule has 0 saturated carbocycles. The third-order valence-electron chi connectivity index (χ3n) is 4.65. The van der Waals surface area contributed by atoms with Gasteiger partial charge in [0.1, 0.15) is 11.6 Å². The lowest BCUT2D eigenvalue weighted by atomic mass is 10.0. The maximum Gasteiger partial charge on any atom is 0.257 e. The summed E-state index contributed by atoms with van der Waals surface area (Å²) < 4.78 is 5.64. The Morgan fingerprint density at radius 3 is 2.47 bits per heavy atom. The van der Waals surface area contributed by atoms with Gasteiger partial charge in [0.2, 0.25) is 0 Å². The number of imidazole rings is 1. The zero-order valence-corrected chi connectivity index (χ0v) is 16.3. The predicted octanol–water partition coefficient (Wildman–Crippen LogP) is 3.53. The molecule has 0 radical (unpaired) electrons. The summed E-state index contributed by atoms with van der Waals surface area (Å²) in [5, 5.41) is 2.82. The molecule has 2 N–H and O–H groups in total. The maximum absolute atomic E-state index is 12.7. The Hall–Kier alpha value is -3.93. The molecule has 0 atom stereocenters. The van der Waals surface area contributed by atoms with Crippen LogP contribution in [0.4, 0.5) is 0 Å². The summed E-state index contributed by atoms with van der Waals surface area (Å²) in [7, 11) is 0. The lowest BCUT2D eigenvalue weighted by molar-refractivity contribution is -0.123. The summed E-state index contributed by atoms with van der Waals surface area (Å²) in [4.78, 5) is 32.6. The molecule has 3 aromatic carbocycles. The van der Waals surface area contributed by atoms with Crippen LogP contribution < -0.4 is 10.1 Å². The van der Waals surface area contributed by atoms with Crippen molar-refractivity contribution in [2.75, 3.05) is 13.2 Å². The highest BCUT2D eigenvalue weighted by Gasteiger charge is 2.15. The second-order valence-corrected chi connectivity index (χ2v) is 6.78. The van der Waals surface area contributed by atoms with Crippen LogP contribution in [0.1, 0.15) is 21.7 Å². The van der Waals surface area contributed by atoms with Crippen molar-refractivity contribution in [1.82, 2.24) is 15.3 Å². The number of rotatable bonds is 8. The van der Waals surface area contributed by atoms with Gasteiger partial charge in [0, 0.05) is 18.5 Å². The summed E-state index contributed by atoms with van der Waals surface area (Å²) in [6, 6.07) is 23.7. The van der Waals surface area contributed by atoms with Crippen LogP contribution >= 0.6 is 0 Å². The van der Waals surface area contributed by atoms with Gasteiger partial charge in [0.15, 0.2) is 12.4 Å². The van der Waals surface area contributed by atoms with E-state index in [1.807, 2.05) is 42.5 Å². The number of hydrogen-bond acceptors (Lipinski definition) is 4. The Labute approximate surface area is 173 Å². The molecule has 0 fully saturated rings. The molecule has 0 bridgehead atoms. The van der Waals surface area contributed by atoms with Crippen LogP contribution in [0.5, 0.6) is 5.75 Å². The lowest BCUT2D eigenvalue weighted by Gasteiger charge is -2.11. The highest BCUT2D eigenvalue weighted by atomic mass is 16.5. The number of hydrogen-bond donors (Lipinski definition) is 2. The Bertz CT molecular complexity index is 1140. The number of nitrogens with one attached hydrogen (secondary N) is 2. The molecule has 1 aromatic heterocycles. The number of aromatic amines is 1. The van der Waals surface area contributed by atoms with Gasteiger partial charge >= 0.3 is 0 Å². The largest absolute Gasteiger partial charge is 0.483 e. The van der Waals surface area contributed by atoms with Crippen molar-refractivity contribution in [2.45, 2.75) is 6.42 Å². The molecular formula is C24H21N3O3. The first-order valence-electron chi connectivity index (χ1n) is 9.72. The average molecular weight is 399 g/mol. The summed E-state index contributed by atoms with van der Waals surface area (Å²) in [6.07, 6.45) is 0.587. The van der Waals surface area contributed by atoms with Crippen LogP contribution in [-0.4, -0.2) is 34.8 Å². The van der Waals surface area contributed by atoms with Gasteiger partial charge in [-0.25, -0.2) is 4.98 Å². The molecule has 0 aliphatic heterocycles. The minimum atomic E-state index is -0.256. The van der Waals surface area contributed by atoms with Crippen LogP contribution in [0.2, 0.25) is 0 Å². The standard InChI is InChI=1S/C24H21N3O3/c28-23(25-15-14-22-26-19-11-5-6-12-20(19)27-22)16-30-21-13-7-4-10-18(21)24(29)17-8-2-1-3-9-17/h1-13H,14-16H2,(H,25,28)(H,26,27). The number of fused-ring (bicyclic) bond motifs is 1. The molecule has 0 unspecified atom stereocenters. The van der Waals surface area contributed by atoms with E-state index in [9.17, 15) is 9.59 Å². The van der Waals surface area contributed by atoms with E-state index in [1.165, 1.54) is 0 Å². The third kappa shape index (κ3) is 4.55. The number of ether oxygens (including phenoxy) is 1. The number of benzene rings is 3. The number of carbonyl (C=O) groups excluding carboxylic acids is 2. The highest BCUT2D eigenvalue weighted by Crippen LogP contribution is 2.21. The minimum Gasteiger partial charge on any atom is -0.483 e. The molecule has 0 saturated heterocycles. The van der Waals surface area contributed by atoms with Crippen LogP contribution in [0.15, 0.2) is 78.9 Å². The van der Waals surface area contributed by atoms with E-state index in [0.717, 1.165) is 16.9 Å². The van der Waals surface area contributed by atoms with Gasteiger partial charge in [-0.05, 0) is 24.3 Å². The Morgan fingerprint density at radius 1 is 0.900 bits per heavy atom. The first-order chi connectivity index (χ1) is 14.7. The monoisotopic (exact) mass is 399 g/mol. The van der Waals surface area contributed by atoms with Gasteiger partial charge in [-0.1, -0.05) is 54.6 Å². The zero-order chi connectivity index (χ0) is 20.8. The van der Waals surface area contributed by atoms with E-state index in [2.05, 4.69) is 15.3 Å². The summed E-state index contributed by atoms with van der Waals surface area (Å²) in [6.45, 7) is 0.270. The molecule has 0 aliphatic rings. The number of aromatic nitrogens is 2. The normalized spacial score (nSPS) is 10.7. The second kappa shape index (κ2) is 9.05. The van der Waals surface area contributed by atoms with Crippen molar-refractivity contribution in [3.8, 4) is 5.75 Å². The fourth-order valence-corrected chi connectivity index (χ4v) is 3.16. The van der Waals surface area contributed by atoms with Gasteiger partial charge < -0.3 is 15.0 Å². The number of ketones is 1. The van der Waals surface area contributed by atoms with Gasteiger partial charge in [0.25, 0.3) is 5.91 Å². The van der Waals surface area contributed by atoms with E-state index >= 15 is 0 Å². The zero-order valence-electron chi connectivity index (χ0n) is 16.3. The highest BCUT2D eigenvalue weighted by molar-refractivity contribution is 6.10. The summed E-state index contributed by atoms with van der Waals surface area (Å²) in [5.41, 5.74) is 2.88. The van der Waals surface area contributed by atoms with Crippen molar-refractivity contribution in [1.29, 1.82) is 0 Å². The van der Waals surface area contributed by atoms with E-state index in [0.29, 0.717) is 29.8 Å². The molecule has 1 amide bonds. The quantitative estimate of drug-likeness (QED) is 0.444. The first-order valence-corrected chi connectivity index (χ1v) is 9.72. The fourth-order valence-electron chi connectivity index (χ4n) is 3.16. The molecule has 4 rings (SSSR count). The Kier molecular flexibility index (Phi) is 5.85. The number of carbonyl (C=O) groups is 2. The van der Waals surface area contributed by atoms with Crippen molar-refractivity contribution in [2.24, 2.45) is 0 Å². The van der Waals surface area contributed by atoms with Crippen LogP contribution in [-0.2, 0) is 11.2 Å². The van der Waals surface area contributed by atoms with Gasteiger partial charge in [-0.15, -0.1) is 0 Å². The lowest BCUT2D eigenvalue weighted by Crippen LogP contribution is -2.31. The molecule has 150 valence electrons. The van der Waals surface area contributed by atoms with Crippen molar-refractivity contribution < 1.29 is 14.3 Å². The molecule has 4 aromatic rings. The first kappa shape index (κ1) is 19.4. The molecule has 30 heavy (non-hydrogen) atoms.